The molecule has 3 heterocycles. The molecule has 0 bridgehead atoms. The lowest BCUT2D eigenvalue weighted by atomic mass is 9.86. The molecule has 2 aromatic carbocycles. The third-order valence-electron chi connectivity index (χ3n) is 13.2. The Morgan fingerprint density at radius 3 is 1.30 bits per heavy atom. The topological polar surface area (TPSA) is 132 Å². The normalized spacial score (nSPS) is 31.6. The maximum atomic E-state index is 13.1. The van der Waals surface area contributed by atoms with Crippen LogP contribution in [0.5, 0.6) is 0 Å². The summed E-state index contributed by atoms with van der Waals surface area (Å²) in [6.45, 7) is 1.94. The number of nitrogens with zero attached hydrogens (tertiary/aromatic N) is 4. The first-order chi connectivity index (χ1) is 26.3. The van der Waals surface area contributed by atoms with E-state index in [1.807, 2.05) is 31.2 Å². The van der Waals surface area contributed by atoms with Crippen molar-refractivity contribution >= 4 is 23.6 Å². The summed E-state index contributed by atoms with van der Waals surface area (Å²) < 4.78 is 19.5. The number of amides is 4. The summed E-state index contributed by atoms with van der Waals surface area (Å²) in [6, 6.07) is 12.5. The minimum Gasteiger partial charge on any atom is -0.425 e. The lowest BCUT2D eigenvalue weighted by molar-refractivity contribution is -0.0554. The highest BCUT2D eigenvalue weighted by Crippen LogP contribution is 2.40. The number of ether oxygens (including phenoxy) is 2. The van der Waals surface area contributed by atoms with Crippen molar-refractivity contribution in [2.24, 2.45) is 0 Å². The summed E-state index contributed by atoms with van der Waals surface area (Å²) in [5.41, 5.74) is 3.11. The summed E-state index contributed by atoms with van der Waals surface area (Å²) in [5.74, 6) is 1.41. The van der Waals surface area contributed by atoms with Gasteiger partial charge < -0.3 is 13.9 Å². The van der Waals surface area contributed by atoms with Gasteiger partial charge in [0, 0.05) is 23.9 Å². The number of aryl methyl sites for hydroxylation is 1. The van der Waals surface area contributed by atoms with Crippen molar-refractivity contribution in [3.05, 3.63) is 82.1 Å². The van der Waals surface area contributed by atoms with Crippen molar-refractivity contribution in [1.82, 2.24) is 20.0 Å². The maximum Gasteiger partial charge on any atom is 0.261 e. The van der Waals surface area contributed by atoms with Crippen LogP contribution >= 0.6 is 0 Å². The molecule has 11 nitrogen and oxygen atoms in total. The molecule has 3 aromatic rings. The molecule has 11 heteroatoms. The minimum atomic E-state index is -0.158. The highest BCUT2D eigenvalue weighted by Gasteiger charge is 2.43. The fraction of sp³-hybridized carbons (Fsp3) is 0.581. The van der Waals surface area contributed by atoms with Gasteiger partial charge in [0.05, 0.1) is 46.7 Å². The molecule has 4 saturated carbocycles. The zero-order valence-corrected chi connectivity index (χ0v) is 31.1. The minimum absolute atomic E-state index is 0.0562. The van der Waals surface area contributed by atoms with Gasteiger partial charge in [-0.3, -0.25) is 29.0 Å². The van der Waals surface area contributed by atoms with Gasteiger partial charge in [-0.15, -0.1) is 10.2 Å². The Kier molecular flexibility index (Phi) is 9.72. The molecule has 0 saturated heterocycles. The molecule has 4 fully saturated rings. The van der Waals surface area contributed by atoms with Crippen LogP contribution in [0.15, 0.2) is 46.9 Å². The number of fused-ring (bicyclic) bond motifs is 2. The van der Waals surface area contributed by atoms with E-state index in [1.54, 1.807) is 18.2 Å². The molecule has 1 aromatic heterocycles. The first kappa shape index (κ1) is 35.5. The highest BCUT2D eigenvalue weighted by atomic mass is 16.5. The Morgan fingerprint density at radius 2 is 0.870 bits per heavy atom. The van der Waals surface area contributed by atoms with Gasteiger partial charge in [-0.2, -0.15) is 0 Å². The summed E-state index contributed by atoms with van der Waals surface area (Å²) in [7, 11) is 0. The van der Waals surface area contributed by atoms with Crippen molar-refractivity contribution in [3.8, 4) is 0 Å². The first-order valence-electron chi connectivity index (χ1n) is 20.4. The molecule has 0 atom stereocenters. The summed E-state index contributed by atoms with van der Waals surface area (Å²) >= 11 is 0. The van der Waals surface area contributed by atoms with Crippen LogP contribution in [-0.4, -0.2) is 80.1 Å². The second-order valence-electron chi connectivity index (χ2n) is 16.6. The monoisotopic (exact) mass is 734 g/mol. The zero-order chi connectivity index (χ0) is 36.9. The van der Waals surface area contributed by atoms with E-state index in [9.17, 15) is 19.2 Å². The standard InChI is InChI=1S/C43H50N4O7/c1-25-6-23-36-37(24-25)43(51)47(42(36)50)29-13-21-33(22-14-29)53-31-17-9-27(10-18-31)39-45-44-38(54-39)26-7-15-30(16-8-26)52-32-19-11-28(12-20-32)46-40(48)34-4-2-3-5-35(34)41(46)49/h2-6,23-24,26-33H,7-22H2,1H3. The van der Waals surface area contributed by atoms with E-state index in [1.165, 1.54) is 9.80 Å². The van der Waals surface area contributed by atoms with Crippen molar-refractivity contribution in [3.63, 3.8) is 0 Å². The lowest BCUT2D eigenvalue weighted by Gasteiger charge is -2.36. The molecule has 4 aliphatic carbocycles. The van der Waals surface area contributed by atoms with Gasteiger partial charge in [0.15, 0.2) is 0 Å². The highest BCUT2D eigenvalue weighted by molar-refractivity contribution is 6.22. The molecule has 0 N–H and O–H groups in total. The second-order valence-corrected chi connectivity index (χ2v) is 16.6. The van der Waals surface area contributed by atoms with Crippen LogP contribution < -0.4 is 0 Å². The fourth-order valence-corrected chi connectivity index (χ4v) is 10.1. The Balaban J connectivity index is 0.683. The third-order valence-corrected chi connectivity index (χ3v) is 13.2. The maximum absolute atomic E-state index is 13.1. The van der Waals surface area contributed by atoms with E-state index in [-0.39, 0.29) is 72.0 Å². The van der Waals surface area contributed by atoms with Crippen LogP contribution in [0.3, 0.4) is 0 Å². The molecular weight excluding hydrogens is 684 g/mol. The number of benzene rings is 2. The fourth-order valence-electron chi connectivity index (χ4n) is 10.1. The summed E-state index contributed by atoms with van der Waals surface area (Å²) in [6.07, 6.45) is 15.0. The van der Waals surface area contributed by atoms with Gasteiger partial charge in [-0.25, -0.2) is 0 Å². The molecule has 0 radical (unpaired) electrons. The van der Waals surface area contributed by atoms with Crippen molar-refractivity contribution in [2.45, 2.75) is 158 Å². The molecule has 284 valence electrons. The third kappa shape index (κ3) is 6.72. The van der Waals surface area contributed by atoms with Crippen LogP contribution in [0.1, 0.15) is 173 Å². The zero-order valence-electron chi connectivity index (χ0n) is 31.1. The van der Waals surface area contributed by atoms with Gasteiger partial charge >= 0.3 is 0 Å². The predicted molar refractivity (Wildman–Crippen MR) is 197 cm³/mol. The number of carbonyl (C=O) groups excluding carboxylic acids is 4. The molecule has 9 rings (SSSR count). The quantitative estimate of drug-likeness (QED) is 0.214. The number of hydrogen-bond acceptors (Lipinski definition) is 9. The van der Waals surface area contributed by atoms with Gasteiger partial charge in [0.1, 0.15) is 0 Å². The lowest BCUT2D eigenvalue weighted by Crippen LogP contribution is -2.43. The first-order valence-corrected chi connectivity index (χ1v) is 20.4. The smallest absolute Gasteiger partial charge is 0.261 e. The molecule has 0 spiro atoms. The molecule has 2 aliphatic heterocycles. The Bertz CT molecular complexity index is 1870. The van der Waals surface area contributed by atoms with E-state index in [0.29, 0.717) is 22.3 Å². The number of carbonyl (C=O) groups is 4. The van der Waals surface area contributed by atoms with Crippen molar-refractivity contribution < 1.29 is 33.1 Å². The largest absolute Gasteiger partial charge is 0.425 e. The average Bonchev–Trinajstić information content (AvgIpc) is 3.86. The van der Waals surface area contributed by atoms with Gasteiger partial charge in [-0.1, -0.05) is 23.8 Å². The number of hydrogen-bond donors (Lipinski definition) is 0. The van der Waals surface area contributed by atoms with Crippen LogP contribution in [0.4, 0.5) is 0 Å². The van der Waals surface area contributed by atoms with Gasteiger partial charge in [0.2, 0.25) is 11.8 Å². The van der Waals surface area contributed by atoms with E-state index in [0.717, 1.165) is 120 Å². The van der Waals surface area contributed by atoms with E-state index in [2.05, 4.69) is 10.2 Å². The predicted octanol–water partition coefficient (Wildman–Crippen LogP) is 7.68. The van der Waals surface area contributed by atoms with Crippen molar-refractivity contribution in [1.29, 1.82) is 0 Å². The SMILES string of the molecule is Cc1ccc2c(c1)C(=O)N(C1CCC(OC3CCC(c4nnc(C5CCC(OC6CCC(N7C(=O)c8ccccc8C7=O)CC6)CC5)o4)CC3)CC1)C2=O. The number of rotatable bonds is 8. The Hall–Kier alpha value is -4.22. The van der Waals surface area contributed by atoms with E-state index >= 15 is 0 Å². The molecule has 54 heavy (non-hydrogen) atoms. The van der Waals surface area contributed by atoms with Crippen LogP contribution in [0.25, 0.3) is 0 Å². The molecular formula is C43H50N4O7. The number of aromatic nitrogens is 2. The number of imide groups is 2. The Labute approximate surface area is 316 Å². The van der Waals surface area contributed by atoms with Gasteiger partial charge in [-0.05, 0) is 134 Å². The molecule has 0 unspecified atom stereocenters. The molecule has 6 aliphatic rings. The molecule has 4 amide bonds. The van der Waals surface area contributed by atoms with Crippen LogP contribution in [-0.2, 0) is 9.47 Å². The van der Waals surface area contributed by atoms with Gasteiger partial charge in [0.25, 0.3) is 23.6 Å². The summed E-state index contributed by atoms with van der Waals surface area (Å²) in [5, 5.41) is 9.02. The van der Waals surface area contributed by atoms with Crippen LogP contribution in [0.2, 0.25) is 0 Å². The van der Waals surface area contributed by atoms with E-state index < -0.39 is 0 Å². The van der Waals surface area contributed by atoms with Crippen LogP contribution in [0, 0.1) is 6.92 Å². The second kappa shape index (κ2) is 14.8. The Morgan fingerprint density at radius 1 is 0.500 bits per heavy atom. The average molecular weight is 735 g/mol. The van der Waals surface area contributed by atoms with E-state index in [4.69, 9.17) is 13.9 Å². The van der Waals surface area contributed by atoms with Crippen molar-refractivity contribution in [2.75, 3.05) is 0 Å². The summed E-state index contributed by atoms with van der Waals surface area (Å²) in [4.78, 5) is 55.0.